The van der Waals surface area contributed by atoms with E-state index in [0.29, 0.717) is 0 Å². The van der Waals surface area contributed by atoms with Gasteiger partial charge in [-0.25, -0.2) is 0 Å². The Morgan fingerprint density at radius 3 is 2.70 bits per heavy atom. The first-order valence-corrected chi connectivity index (χ1v) is 7.94. The number of nitrogens with one attached hydrogen (secondary N) is 1. The lowest BCUT2D eigenvalue weighted by Gasteiger charge is -2.13. The molecular weight excluding hydrogens is 266 g/mol. The molecule has 1 unspecified atom stereocenters. The van der Waals surface area contributed by atoms with E-state index in [-0.39, 0.29) is 6.04 Å². The largest absolute Gasteiger partial charge is 0.464 e. The fourth-order valence-electron chi connectivity index (χ4n) is 2.43. The fraction of sp³-hybridized carbons (Fsp3) is 0.294. The van der Waals surface area contributed by atoms with Crippen molar-refractivity contribution in [2.75, 3.05) is 6.54 Å². The number of benzene rings is 1. The Bertz CT molecular complexity index is 665. The van der Waals surface area contributed by atoms with Crippen LogP contribution in [0.15, 0.2) is 46.9 Å². The van der Waals surface area contributed by atoms with Crippen LogP contribution in [0.1, 0.15) is 36.3 Å². The number of aryl methyl sites for hydroxylation is 1. The summed E-state index contributed by atoms with van der Waals surface area (Å²) in [7, 11) is 0. The molecule has 0 fully saturated rings. The van der Waals surface area contributed by atoms with E-state index in [9.17, 15) is 0 Å². The van der Waals surface area contributed by atoms with E-state index in [2.05, 4.69) is 61.6 Å². The quantitative estimate of drug-likeness (QED) is 0.731. The maximum atomic E-state index is 5.94. The highest BCUT2D eigenvalue weighted by Crippen LogP contribution is 2.33. The van der Waals surface area contributed by atoms with Gasteiger partial charge in [0.05, 0.1) is 0 Å². The summed E-state index contributed by atoms with van der Waals surface area (Å²) in [5, 5.41) is 4.83. The van der Waals surface area contributed by atoms with Crippen molar-refractivity contribution in [1.29, 1.82) is 0 Å². The second kappa shape index (κ2) is 5.81. The lowest BCUT2D eigenvalue weighted by atomic mass is 10.1. The first kappa shape index (κ1) is 13.4. The molecule has 1 aromatic carbocycles. The highest BCUT2D eigenvalue weighted by Gasteiger charge is 2.19. The number of hydrogen-bond acceptors (Lipinski definition) is 3. The van der Waals surface area contributed by atoms with Crippen molar-refractivity contribution in [2.24, 2.45) is 0 Å². The van der Waals surface area contributed by atoms with E-state index < -0.39 is 0 Å². The van der Waals surface area contributed by atoms with Gasteiger partial charge in [0.25, 0.3) is 0 Å². The lowest BCUT2D eigenvalue weighted by molar-refractivity contribution is 0.428. The van der Waals surface area contributed by atoms with Crippen LogP contribution in [-0.4, -0.2) is 6.54 Å². The van der Waals surface area contributed by atoms with Crippen molar-refractivity contribution in [3.05, 3.63) is 58.9 Å². The number of thiophene rings is 1. The van der Waals surface area contributed by atoms with Gasteiger partial charge in [0.2, 0.25) is 0 Å². The minimum atomic E-state index is 0.151. The average molecular weight is 285 g/mol. The molecule has 3 aromatic rings. The normalized spacial score (nSPS) is 12.9. The summed E-state index contributed by atoms with van der Waals surface area (Å²) in [5.74, 6) is 2.05. The molecule has 0 aliphatic heterocycles. The first-order valence-electron chi connectivity index (χ1n) is 7.12. The van der Waals surface area contributed by atoms with E-state index in [1.807, 2.05) is 11.3 Å². The highest BCUT2D eigenvalue weighted by atomic mass is 32.1. The smallest absolute Gasteiger partial charge is 0.126 e. The van der Waals surface area contributed by atoms with Crippen LogP contribution in [0.4, 0.5) is 0 Å². The Morgan fingerprint density at radius 2 is 2.00 bits per heavy atom. The Kier molecular flexibility index (Phi) is 3.90. The number of hydrogen-bond donors (Lipinski definition) is 1. The molecule has 0 radical (unpaired) electrons. The van der Waals surface area contributed by atoms with Gasteiger partial charge < -0.3 is 9.73 Å². The van der Waals surface area contributed by atoms with Crippen molar-refractivity contribution >= 4 is 21.4 Å². The molecule has 1 N–H and O–H groups in total. The third kappa shape index (κ3) is 2.51. The summed E-state index contributed by atoms with van der Waals surface area (Å²) >= 11 is 1.83. The zero-order valence-corrected chi connectivity index (χ0v) is 12.7. The van der Waals surface area contributed by atoms with Gasteiger partial charge in [-0.1, -0.05) is 32.0 Å². The van der Waals surface area contributed by atoms with E-state index >= 15 is 0 Å². The molecule has 20 heavy (non-hydrogen) atoms. The van der Waals surface area contributed by atoms with Gasteiger partial charge in [0.15, 0.2) is 0 Å². The van der Waals surface area contributed by atoms with E-state index in [1.54, 1.807) is 0 Å². The maximum absolute atomic E-state index is 5.94. The van der Waals surface area contributed by atoms with Crippen molar-refractivity contribution in [3.8, 4) is 0 Å². The van der Waals surface area contributed by atoms with Gasteiger partial charge in [0, 0.05) is 16.0 Å². The molecule has 2 nitrogen and oxygen atoms in total. The SMILES string of the molecule is CCNC(c1ccc(CC)o1)c1cc2ccccc2s1. The summed E-state index contributed by atoms with van der Waals surface area (Å²) in [6.07, 6.45) is 0.936. The Balaban J connectivity index is 2.00. The van der Waals surface area contributed by atoms with Crippen LogP contribution >= 0.6 is 11.3 Å². The Morgan fingerprint density at radius 1 is 1.15 bits per heavy atom. The number of rotatable bonds is 5. The summed E-state index contributed by atoms with van der Waals surface area (Å²) in [6.45, 7) is 5.16. The third-order valence-corrected chi connectivity index (χ3v) is 4.63. The second-order valence-corrected chi connectivity index (χ2v) is 5.95. The van der Waals surface area contributed by atoms with Gasteiger partial charge >= 0.3 is 0 Å². The number of fused-ring (bicyclic) bond motifs is 1. The zero-order chi connectivity index (χ0) is 13.9. The van der Waals surface area contributed by atoms with Crippen molar-refractivity contribution in [1.82, 2.24) is 5.32 Å². The molecule has 0 spiro atoms. The molecule has 0 aliphatic rings. The third-order valence-electron chi connectivity index (χ3n) is 3.45. The summed E-state index contributed by atoms with van der Waals surface area (Å²) < 4.78 is 7.27. The van der Waals surface area contributed by atoms with Crippen LogP contribution in [0, 0.1) is 0 Å². The topological polar surface area (TPSA) is 25.2 Å². The standard InChI is InChI=1S/C17H19NOS/c1-3-13-9-10-14(19-13)17(18-4-2)16-11-12-7-5-6-8-15(12)20-16/h5-11,17-18H,3-4H2,1-2H3. The average Bonchev–Trinajstić information content (AvgIpc) is 3.10. The van der Waals surface area contributed by atoms with Crippen molar-refractivity contribution in [2.45, 2.75) is 26.3 Å². The van der Waals surface area contributed by atoms with Gasteiger partial charge in [-0.05, 0) is 36.2 Å². The summed E-state index contributed by atoms with van der Waals surface area (Å²) in [4.78, 5) is 1.31. The van der Waals surface area contributed by atoms with Crippen LogP contribution in [0.25, 0.3) is 10.1 Å². The Labute approximate surface area is 123 Å². The van der Waals surface area contributed by atoms with E-state index in [0.717, 1.165) is 24.5 Å². The molecular formula is C17H19NOS. The molecule has 0 saturated heterocycles. The molecule has 0 saturated carbocycles. The molecule has 1 atom stereocenters. The molecule has 2 heterocycles. The maximum Gasteiger partial charge on any atom is 0.126 e. The van der Waals surface area contributed by atoms with E-state index in [4.69, 9.17) is 4.42 Å². The molecule has 0 bridgehead atoms. The predicted octanol–water partition coefficient (Wildman–Crippen LogP) is 4.76. The molecule has 104 valence electrons. The number of furan rings is 1. The van der Waals surface area contributed by atoms with Crippen LogP contribution in [0.2, 0.25) is 0 Å². The molecule has 0 aliphatic carbocycles. The molecule has 0 amide bonds. The monoisotopic (exact) mass is 285 g/mol. The minimum Gasteiger partial charge on any atom is -0.464 e. The van der Waals surface area contributed by atoms with Crippen molar-refractivity contribution in [3.63, 3.8) is 0 Å². The molecule has 3 heteroatoms. The van der Waals surface area contributed by atoms with Gasteiger partial charge in [-0.15, -0.1) is 11.3 Å². The van der Waals surface area contributed by atoms with E-state index in [1.165, 1.54) is 15.0 Å². The minimum absolute atomic E-state index is 0.151. The fourth-order valence-corrected chi connectivity index (χ4v) is 3.58. The summed E-state index contributed by atoms with van der Waals surface area (Å²) in [6, 6.07) is 15.1. The predicted molar refractivity (Wildman–Crippen MR) is 85.4 cm³/mol. The van der Waals surface area contributed by atoms with Crippen molar-refractivity contribution < 1.29 is 4.42 Å². The zero-order valence-electron chi connectivity index (χ0n) is 11.8. The van der Waals surface area contributed by atoms with Crippen LogP contribution in [0.5, 0.6) is 0 Å². The molecule has 2 aromatic heterocycles. The molecule has 3 rings (SSSR count). The Hall–Kier alpha value is -1.58. The first-order chi connectivity index (χ1) is 9.81. The highest BCUT2D eigenvalue weighted by molar-refractivity contribution is 7.19. The van der Waals surface area contributed by atoms with Gasteiger partial charge in [-0.2, -0.15) is 0 Å². The van der Waals surface area contributed by atoms with Crippen LogP contribution in [-0.2, 0) is 6.42 Å². The van der Waals surface area contributed by atoms with Crippen LogP contribution in [0.3, 0.4) is 0 Å². The van der Waals surface area contributed by atoms with Gasteiger partial charge in [0.1, 0.15) is 17.6 Å². The summed E-state index contributed by atoms with van der Waals surface area (Å²) in [5.41, 5.74) is 0. The second-order valence-electron chi connectivity index (χ2n) is 4.83. The lowest BCUT2D eigenvalue weighted by Crippen LogP contribution is -2.20. The van der Waals surface area contributed by atoms with Crippen LogP contribution < -0.4 is 5.32 Å². The van der Waals surface area contributed by atoms with Gasteiger partial charge in [-0.3, -0.25) is 0 Å².